The van der Waals surface area contributed by atoms with Crippen LogP contribution >= 0.6 is 0 Å². The molecular formula is C13H23N3O2. The predicted octanol–water partition coefficient (Wildman–Crippen LogP) is 1.57. The lowest BCUT2D eigenvalue weighted by atomic mass is 9.97. The highest BCUT2D eigenvalue weighted by atomic mass is 16.5. The summed E-state index contributed by atoms with van der Waals surface area (Å²) in [4.78, 5) is 6.74. The fourth-order valence-electron chi connectivity index (χ4n) is 2.27. The van der Waals surface area contributed by atoms with E-state index in [-0.39, 0.29) is 12.0 Å². The normalized spacial score (nSPS) is 22.3. The zero-order valence-electron chi connectivity index (χ0n) is 11.5. The zero-order valence-corrected chi connectivity index (χ0v) is 11.5. The van der Waals surface area contributed by atoms with Crippen molar-refractivity contribution in [3.63, 3.8) is 0 Å². The van der Waals surface area contributed by atoms with Gasteiger partial charge in [0.05, 0.1) is 6.54 Å². The maximum Gasteiger partial charge on any atom is 0.232 e. The van der Waals surface area contributed by atoms with Crippen LogP contribution in [0.25, 0.3) is 0 Å². The fourth-order valence-corrected chi connectivity index (χ4v) is 2.27. The van der Waals surface area contributed by atoms with Crippen LogP contribution in [0.4, 0.5) is 0 Å². The van der Waals surface area contributed by atoms with E-state index in [1.54, 1.807) is 0 Å². The molecule has 1 aromatic rings. The van der Waals surface area contributed by atoms with Crippen molar-refractivity contribution in [1.82, 2.24) is 15.0 Å². The van der Waals surface area contributed by atoms with Gasteiger partial charge in [-0.25, -0.2) is 0 Å². The third-order valence-electron chi connectivity index (χ3n) is 3.34. The number of aliphatic hydroxyl groups excluding tert-OH is 1. The molecule has 0 aliphatic carbocycles. The molecule has 0 spiro atoms. The number of aromatic nitrogens is 2. The first kappa shape index (κ1) is 13.5. The second-order valence-electron chi connectivity index (χ2n) is 6.19. The third-order valence-corrected chi connectivity index (χ3v) is 3.34. The molecule has 18 heavy (non-hydrogen) atoms. The summed E-state index contributed by atoms with van der Waals surface area (Å²) in [6.07, 6.45) is 2.25. The van der Waals surface area contributed by atoms with Crippen LogP contribution in [-0.2, 0) is 12.0 Å². The van der Waals surface area contributed by atoms with Gasteiger partial charge in [-0.15, -0.1) is 0 Å². The van der Waals surface area contributed by atoms with Crippen LogP contribution in [0.15, 0.2) is 4.52 Å². The van der Waals surface area contributed by atoms with Gasteiger partial charge in [0.15, 0.2) is 5.82 Å². The monoisotopic (exact) mass is 253 g/mol. The van der Waals surface area contributed by atoms with Crippen molar-refractivity contribution in [3.8, 4) is 0 Å². The summed E-state index contributed by atoms with van der Waals surface area (Å²) < 4.78 is 5.29. The van der Waals surface area contributed by atoms with Crippen molar-refractivity contribution in [2.45, 2.75) is 45.6 Å². The lowest BCUT2D eigenvalue weighted by molar-refractivity contribution is 0.113. The SMILES string of the molecule is CC(C)(C)c1nc(CN2CCCC(CO)C2)no1. The molecule has 1 aliphatic heterocycles. The van der Waals surface area contributed by atoms with Gasteiger partial charge in [-0.2, -0.15) is 4.98 Å². The molecule has 5 heteroatoms. The topological polar surface area (TPSA) is 62.4 Å². The van der Waals surface area contributed by atoms with Gasteiger partial charge < -0.3 is 9.63 Å². The molecule has 1 N–H and O–H groups in total. The minimum Gasteiger partial charge on any atom is -0.396 e. The highest BCUT2D eigenvalue weighted by molar-refractivity contribution is 4.98. The molecule has 102 valence electrons. The first-order chi connectivity index (χ1) is 8.49. The molecule has 1 saturated heterocycles. The summed E-state index contributed by atoms with van der Waals surface area (Å²) >= 11 is 0. The molecule has 2 heterocycles. The minimum absolute atomic E-state index is 0.0964. The lowest BCUT2D eigenvalue weighted by Gasteiger charge is -2.30. The summed E-state index contributed by atoms with van der Waals surface area (Å²) in [7, 11) is 0. The molecule has 0 amide bonds. The second kappa shape index (κ2) is 5.36. The van der Waals surface area contributed by atoms with Crippen molar-refractivity contribution in [2.75, 3.05) is 19.7 Å². The Balaban J connectivity index is 1.95. The Labute approximate surface area is 108 Å². The maximum atomic E-state index is 9.21. The maximum absolute atomic E-state index is 9.21. The number of piperidine rings is 1. The summed E-state index contributed by atoms with van der Waals surface area (Å²) in [6.45, 7) is 9.16. The van der Waals surface area contributed by atoms with E-state index in [0.717, 1.165) is 38.3 Å². The Kier molecular flexibility index (Phi) is 4.02. The highest BCUT2D eigenvalue weighted by Gasteiger charge is 2.24. The van der Waals surface area contributed by atoms with E-state index in [2.05, 4.69) is 35.8 Å². The average molecular weight is 253 g/mol. The largest absolute Gasteiger partial charge is 0.396 e. The first-order valence-corrected chi connectivity index (χ1v) is 6.65. The van der Waals surface area contributed by atoms with Gasteiger partial charge in [0, 0.05) is 18.6 Å². The van der Waals surface area contributed by atoms with Gasteiger partial charge in [-0.1, -0.05) is 25.9 Å². The molecule has 5 nitrogen and oxygen atoms in total. The Hall–Kier alpha value is -0.940. The number of aliphatic hydroxyl groups is 1. The van der Waals surface area contributed by atoms with Crippen LogP contribution in [0.5, 0.6) is 0 Å². The van der Waals surface area contributed by atoms with Crippen molar-refractivity contribution in [3.05, 3.63) is 11.7 Å². The Morgan fingerprint density at radius 2 is 2.22 bits per heavy atom. The van der Waals surface area contributed by atoms with Gasteiger partial charge in [0.1, 0.15) is 0 Å². The van der Waals surface area contributed by atoms with Crippen LogP contribution < -0.4 is 0 Å². The van der Waals surface area contributed by atoms with Crippen LogP contribution in [0.3, 0.4) is 0 Å². The predicted molar refractivity (Wildman–Crippen MR) is 68.1 cm³/mol. The van der Waals surface area contributed by atoms with E-state index < -0.39 is 0 Å². The molecule has 0 bridgehead atoms. The Morgan fingerprint density at radius 3 is 2.83 bits per heavy atom. The summed E-state index contributed by atoms with van der Waals surface area (Å²) in [5.41, 5.74) is -0.0964. The van der Waals surface area contributed by atoms with Crippen LogP contribution in [0.2, 0.25) is 0 Å². The highest BCUT2D eigenvalue weighted by Crippen LogP contribution is 2.21. The number of nitrogens with zero attached hydrogens (tertiary/aromatic N) is 3. The Morgan fingerprint density at radius 1 is 1.44 bits per heavy atom. The smallest absolute Gasteiger partial charge is 0.232 e. The quantitative estimate of drug-likeness (QED) is 0.886. The van der Waals surface area contributed by atoms with Crippen LogP contribution in [0.1, 0.15) is 45.3 Å². The number of hydrogen-bond acceptors (Lipinski definition) is 5. The van der Waals surface area contributed by atoms with E-state index in [1.165, 1.54) is 0 Å². The van der Waals surface area contributed by atoms with E-state index in [9.17, 15) is 5.11 Å². The van der Waals surface area contributed by atoms with Crippen molar-refractivity contribution in [1.29, 1.82) is 0 Å². The summed E-state index contributed by atoms with van der Waals surface area (Å²) in [5, 5.41) is 13.2. The molecule has 1 unspecified atom stereocenters. The molecular weight excluding hydrogens is 230 g/mol. The number of likely N-dealkylation sites (tertiary alicyclic amines) is 1. The minimum atomic E-state index is -0.0964. The van der Waals surface area contributed by atoms with Crippen molar-refractivity contribution < 1.29 is 9.63 Å². The van der Waals surface area contributed by atoms with Gasteiger partial charge in [0.25, 0.3) is 0 Å². The van der Waals surface area contributed by atoms with Crippen LogP contribution in [-0.4, -0.2) is 39.8 Å². The molecule has 1 atom stereocenters. The molecule has 1 fully saturated rings. The van der Waals surface area contributed by atoms with Crippen LogP contribution in [0, 0.1) is 5.92 Å². The Bertz CT molecular complexity index is 384. The van der Waals surface area contributed by atoms with Gasteiger partial charge in [-0.05, 0) is 25.3 Å². The molecule has 0 aromatic carbocycles. The van der Waals surface area contributed by atoms with Gasteiger partial charge >= 0.3 is 0 Å². The lowest BCUT2D eigenvalue weighted by Crippen LogP contribution is -2.36. The summed E-state index contributed by atoms with van der Waals surface area (Å²) in [5.74, 6) is 1.83. The van der Waals surface area contributed by atoms with Gasteiger partial charge in [-0.3, -0.25) is 4.90 Å². The van der Waals surface area contributed by atoms with Crippen molar-refractivity contribution >= 4 is 0 Å². The standard InChI is InChI=1S/C13H23N3O2/c1-13(2,3)12-14-11(15-18-12)8-16-6-4-5-10(7-16)9-17/h10,17H,4-9H2,1-3H3. The van der Waals surface area contributed by atoms with E-state index >= 15 is 0 Å². The van der Waals surface area contributed by atoms with Gasteiger partial charge in [0.2, 0.25) is 5.89 Å². The fraction of sp³-hybridized carbons (Fsp3) is 0.846. The van der Waals surface area contributed by atoms with E-state index in [0.29, 0.717) is 11.8 Å². The summed E-state index contributed by atoms with van der Waals surface area (Å²) in [6, 6.07) is 0. The number of rotatable bonds is 3. The second-order valence-corrected chi connectivity index (χ2v) is 6.19. The average Bonchev–Trinajstić information content (AvgIpc) is 2.77. The molecule has 0 radical (unpaired) electrons. The third kappa shape index (κ3) is 3.29. The van der Waals surface area contributed by atoms with E-state index in [1.807, 2.05) is 0 Å². The molecule has 2 rings (SSSR count). The molecule has 1 aromatic heterocycles. The zero-order chi connectivity index (χ0) is 13.2. The van der Waals surface area contributed by atoms with Crippen molar-refractivity contribution in [2.24, 2.45) is 5.92 Å². The number of hydrogen-bond donors (Lipinski definition) is 1. The molecule has 0 saturated carbocycles. The first-order valence-electron chi connectivity index (χ1n) is 6.65. The van der Waals surface area contributed by atoms with E-state index in [4.69, 9.17) is 4.52 Å². The molecule has 1 aliphatic rings.